The van der Waals surface area contributed by atoms with E-state index < -0.39 is 36.1 Å². The molecular formula is C22H25ClN4O8S. The molecule has 0 aliphatic carbocycles. The van der Waals surface area contributed by atoms with Gasteiger partial charge in [-0.2, -0.15) is 0 Å². The van der Waals surface area contributed by atoms with Crippen LogP contribution in [0.15, 0.2) is 35.2 Å². The molecular weight excluding hydrogens is 516 g/mol. The van der Waals surface area contributed by atoms with E-state index in [2.05, 4.69) is 9.62 Å². The molecule has 2 heterocycles. The number of fused-ring (bicyclic) bond motifs is 1. The third-order valence-electron chi connectivity index (χ3n) is 6.39. The Morgan fingerprint density at radius 3 is 2.33 bits per heavy atom. The number of rotatable bonds is 8. The van der Waals surface area contributed by atoms with Crippen LogP contribution >= 0.6 is 11.6 Å². The maximum atomic E-state index is 12.8. The number of nitrogens with zero attached hydrogens (tertiary/aromatic N) is 3. The smallest absolute Gasteiger partial charge is 0.280 e. The number of hydrogen-bond donors (Lipinski definition) is 1. The molecule has 0 saturated carbocycles. The Morgan fingerprint density at radius 1 is 1.08 bits per heavy atom. The molecule has 1 saturated heterocycles. The van der Waals surface area contributed by atoms with Crippen LogP contribution < -0.4 is 14.2 Å². The minimum atomic E-state index is -4.18. The second kappa shape index (κ2) is 10.5. The molecule has 0 bridgehead atoms. The van der Waals surface area contributed by atoms with E-state index in [1.54, 1.807) is 18.2 Å². The summed E-state index contributed by atoms with van der Waals surface area (Å²) in [6, 6.07) is 6.94. The van der Waals surface area contributed by atoms with Crippen molar-refractivity contribution in [2.24, 2.45) is 5.92 Å². The van der Waals surface area contributed by atoms with Gasteiger partial charge in [0.1, 0.15) is 18.3 Å². The van der Waals surface area contributed by atoms with Gasteiger partial charge in [-0.05, 0) is 50.9 Å². The summed E-state index contributed by atoms with van der Waals surface area (Å²) in [6.45, 7) is 3.88. The van der Waals surface area contributed by atoms with Crippen molar-refractivity contribution in [1.29, 1.82) is 0 Å². The predicted octanol–water partition coefficient (Wildman–Crippen LogP) is 3.30. The summed E-state index contributed by atoms with van der Waals surface area (Å²) in [5.74, 6) is 1.32. The summed E-state index contributed by atoms with van der Waals surface area (Å²) < 4.78 is 39.8. The molecule has 2 aliphatic rings. The zero-order valence-corrected chi connectivity index (χ0v) is 21.0. The zero-order chi connectivity index (χ0) is 26.0. The fourth-order valence-corrected chi connectivity index (χ4v) is 5.66. The van der Waals surface area contributed by atoms with Crippen LogP contribution in [-0.4, -0.2) is 62.1 Å². The number of sulfonamides is 1. The molecule has 2 aliphatic heterocycles. The SMILES string of the molecule is Cc1c([N+](=O)[O-])cc(S(=O)(=O)NCC2CCN(CC3COc4ccc(Cl)cc4O3)CC2)cc1[N+](=O)[O-]. The maximum Gasteiger partial charge on any atom is 0.280 e. The summed E-state index contributed by atoms with van der Waals surface area (Å²) in [4.78, 5) is 22.6. The first-order valence-electron chi connectivity index (χ1n) is 11.3. The van der Waals surface area contributed by atoms with Crippen molar-refractivity contribution in [3.63, 3.8) is 0 Å². The quantitative estimate of drug-likeness (QED) is 0.392. The Bertz CT molecular complexity index is 1250. The van der Waals surface area contributed by atoms with E-state index in [9.17, 15) is 28.6 Å². The van der Waals surface area contributed by atoms with Crippen LogP contribution in [0.25, 0.3) is 0 Å². The molecule has 0 amide bonds. The molecule has 2 aromatic carbocycles. The van der Waals surface area contributed by atoms with Crippen molar-refractivity contribution in [2.45, 2.75) is 30.8 Å². The highest BCUT2D eigenvalue weighted by atomic mass is 35.5. The molecule has 1 atom stereocenters. The molecule has 1 fully saturated rings. The normalized spacial score (nSPS) is 18.7. The third kappa shape index (κ3) is 5.86. The van der Waals surface area contributed by atoms with Crippen LogP contribution in [-0.2, 0) is 10.0 Å². The summed E-state index contributed by atoms with van der Waals surface area (Å²) in [5.41, 5.74) is -1.43. The first-order chi connectivity index (χ1) is 17.0. The van der Waals surface area contributed by atoms with Crippen LogP contribution in [0.1, 0.15) is 18.4 Å². The van der Waals surface area contributed by atoms with E-state index in [0.29, 0.717) is 29.7 Å². The van der Waals surface area contributed by atoms with Gasteiger partial charge in [0.25, 0.3) is 11.4 Å². The number of benzene rings is 2. The van der Waals surface area contributed by atoms with Gasteiger partial charge in [0.2, 0.25) is 10.0 Å². The van der Waals surface area contributed by atoms with E-state index in [1.807, 2.05) is 0 Å². The van der Waals surface area contributed by atoms with E-state index in [4.69, 9.17) is 21.1 Å². The number of halogens is 1. The number of nitro benzene ring substituents is 2. The van der Waals surface area contributed by atoms with Crippen molar-refractivity contribution in [2.75, 3.05) is 32.8 Å². The van der Waals surface area contributed by atoms with Crippen molar-refractivity contribution >= 4 is 33.0 Å². The number of nitrogens with one attached hydrogen (secondary N) is 1. The van der Waals surface area contributed by atoms with Gasteiger partial charge in [-0.25, -0.2) is 13.1 Å². The van der Waals surface area contributed by atoms with Gasteiger partial charge in [-0.1, -0.05) is 11.6 Å². The highest BCUT2D eigenvalue weighted by molar-refractivity contribution is 7.89. The van der Waals surface area contributed by atoms with Crippen LogP contribution in [0, 0.1) is 33.1 Å². The highest BCUT2D eigenvalue weighted by Gasteiger charge is 2.30. The number of ether oxygens (including phenoxy) is 2. The topological polar surface area (TPSA) is 154 Å². The number of likely N-dealkylation sites (tertiary alicyclic amines) is 1. The van der Waals surface area contributed by atoms with Crippen molar-refractivity contribution in [3.05, 3.63) is 61.1 Å². The lowest BCUT2D eigenvalue weighted by Gasteiger charge is -2.35. The van der Waals surface area contributed by atoms with Crippen LogP contribution in [0.3, 0.4) is 0 Å². The standard InChI is InChI=1S/C22H25ClN4O8S/c1-14-19(26(28)29)9-18(10-20(14)27(30)31)36(32,33)24-11-15-4-6-25(7-5-15)12-17-13-34-21-3-2-16(23)8-22(21)35-17/h2-3,8-10,15,17,24H,4-7,11-13H2,1H3. The second-order valence-electron chi connectivity index (χ2n) is 8.84. The molecule has 0 radical (unpaired) electrons. The van der Waals surface area contributed by atoms with Gasteiger partial charge < -0.3 is 9.47 Å². The molecule has 2 aromatic rings. The van der Waals surface area contributed by atoms with Gasteiger partial charge in [0.15, 0.2) is 11.5 Å². The molecule has 1 N–H and O–H groups in total. The molecule has 1 unspecified atom stereocenters. The van der Waals surface area contributed by atoms with E-state index in [-0.39, 0.29) is 24.1 Å². The largest absolute Gasteiger partial charge is 0.486 e. The van der Waals surface area contributed by atoms with E-state index >= 15 is 0 Å². The highest BCUT2D eigenvalue weighted by Crippen LogP contribution is 2.35. The van der Waals surface area contributed by atoms with Gasteiger partial charge in [0.05, 0.1) is 14.7 Å². The maximum absolute atomic E-state index is 12.8. The first-order valence-corrected chi connectivity index (χ1v) is 13.1. The summed E-state index contributed by atoms with van der Waals surface area (Å²) in [6.07, 6.45) is 1.30. The lowest BCUT2D eigenvalue weighted by Crippen LogP contribution is -2.45. The minimum Gasteiger partial charge on any atom is -0.486 e. The van der Waals surface area contributed by atoms with Gasteiger partial charge in [-0.3, -0.25) is 25.1 Å². The Labute approximate surface area is 212 Å². The molecule has 14 heteroatoms. The second-order valence-corrected chi connectivity index (χ2v) is 11.0. The molecule has 4 rings (SSSR count). The summed E-state index contributed by atoms with van der Waals surface area (Å²) in [7, 11) is -4.18. The predicted molar refractivity (Wildman–Crippen MR) is 130 cm³/mol. The van der Waals surface area contributed by atoms with Crippen LogP contribution in [0.5, 0.6) is 11.5 Å². The fraction of sp³-hybridized carbons (Fsp3) is 0.455. The van der Waals surface area contributed by atoms with Gasteiger partial charge in [-0.15, -0.1) is 0 Å². The molecule has 194 valence electrons. The average Bonchev–Trinajstić information content (AvgIpc) is 2.83. The monoisotopic (exact) mass is 540 g/mol. The Balaban J connectivity index is 1.31. The number of piperidine rings is 1. The van der Waals surface area contributed by atoms with Crippen molar-refractivity contribution in [1.82, 2.24) is 9.62 Å². The van der Waals surface area contributed by atoms with E-state index in [0.717, 1.165) is 38.1 Å². The van der Waals surface area contributed by atoms with Gasteiger partial charge in [0, 0.05) is 36.3 Å². The van der Waals surface area contributed by atoms with Crippen LogP contribution in [0.4, 0.5) is 11.4 Å². The third-order valence-corrected chi connectivity index (χ3v) is 8.02. The van der Waals surface area contributed by atoms with Crippen molar-refractivity contribution < 1.29 is 27.7 Å². The average molecular weight is 541 g/mol. The molecule has 0 spiro atoms. The molecule has 12 nitrogen and oxygen atoms in total. The van der Waals surface area contributed by atoms with Crippen LogP contribution in [0.2, 0.25) is 5.02 Å². The zero-order valence-electron chi connectivity index (χ0n) is 19.4. The fourth-order valence-electron chi connectivity index (χ4n) is 4.34. The van der Waals surface area contributed by atoms with Crippen molar-refractivity contribution in [3.8, 4) is 11.5 Å². The minimum absolute atomic E-state index is 0.0505. The summed E-state index contributed by atoms with van der Waals surface area (Å²) in [5, 5.41) is 23.1. The van der Waals surface area contributed by atoms with Gasteiger partial charge >= 0.3 is 0 Å². The first kappa shape index (κ1) is 26.1. The van der Waals surface area contributed by atoms with E-state index in [1.165, 1.54) is 6.92 Å². The lowest BCUT2D eigenvalue weighted by atomic mass is 9.97. The Hall–Kier alpha value is -3.00. The molecule has 36 heavy (non-hydrogen) atoms. The molecule has 0 aromatic heterocycles. The summed E-state index contributed by atoms with van der Waals surface area (Å²) >= 11 is 6.03. The Morgan fingerprint density at radius 2 is 1.72 bits per heavy atom. The Kier molecular flexibility index (Phi) is 7.64. The number of nitro groups is 2. The number of hydrogen-bond acceptors (Lipinski definition) is 9. The lowest BCUT2D eigenvalue weighted by molar-refractivity contribution is -0.395.